The smallest absolute Gasteiger partial charge is 0.331 e. The van der Waals surface area contributed by atoms with Gasteiger partial charge in [0.2, 0.25) is 0 Å². The van der Waals surface area contributed by atoms with Crippen molar-refractivity contribution in [2.75, 3.05) is 6.61 Å². The lowest BCUT2D eigenvalue weighted by Gasteiger charge is -2.10. The molecule has 3 rings (SSSR count). The normalized spacial score (nSPS) is 14.5. The van der Waals surface area contributed by atoms with Crippen LogP contribution in [0.1, 0.15) is 23.6 Å². The highest BCUT2D eigenvalue weighted by atomic mass is 19.1. The Hall–Kier alpha value is -2.69. The molecule has 0 saturated carbocycles. The maximum Gasteiger partial charge on any atom is 0.331 e. The summed E-state index contributed by atoms with van der Waals surface area (Å²) >= 11 is 0. The molecule has 0 radical (unpaired) electrons. The molecule has 5 heteroatoms. The molecule has 0 aliphatic carbocycles. The molecule has 23 heavy (non-hydrogen) atoms. The lowest BCUT2D eigenvalue weighted by atomic mass is 9.94. The molecular formula is C18H14F2O3. The van der Waals surface area contributed by atoms with Gasteiger partial charge in [0.25, 0.3) is 0 Å². The Labute approximate surface area is 132 Å². The van der Waals surface area contributed by atoms with Crippen LogP contribution < -0.4 is 4.74 Å². The summed E-state index contributed by atoms with van der Waals surface area (Å²) in [7, 11) is 0. The van der Waals surface area contributed by atoms with Crippen molar-refractivity contribution in [1.29, 1.82) is 0 Å². The van der Waals surface area contributed by atoms with Gasteiger partial charge in [0, 0.05) is 28.8 Å². The molecule has 1 heterocycles. The Morgan fingerprint density at radius 1 is 1.26 bits per heavy atom. The molecule has 0 spiro atoms. The van der Waals surface area contributed by atoms with Crippen LogP contribution >= 0.6 is 0 Å². The summed E-state index contributed by atoms with van der Waals surface area (Å²) in [6, 6.07) is 8.58. The number of carbonyl (C=O) groups excluding carboxylic acids is 1. The van der Waals surface area contributed by atoms with Gasteiger partial charge >= 0.3 is 5.97 Å². The van der Waals surface area contributed by atoms with E-state index in [0.29, 0.717) is 22.3 Å². The monoisotopic (exact) mass is 316 g/mol. The summed E-state index contributed by atoms with van der Waals surface area (Å²) < 4.78 is 38.1. The molecule has 1 aliphatic rings. The van der Waals surface area contributed by atoms with Crippen molar-refractivity contribution in [3.05, 3.63) is 70.8 Å². The van der Waals surface area contributed by atoms with Crippen molar-refractivity contribution in [2.45, 2.75) is 13.5 Å². The number of rotatable bonds is 2. The second-order valence-electron chi connectivity index (χ2n) is 5.01. The van der Waals surface area contributed by atoms with E-state index in [1.54, 1.807) is 19.1 Å². The molecule has 0 amide bonds. The van der Waals surface area contributed by atoms with E-state index in [-0.39, 0.29) is 19.0 Å². The van der Waals surface area contributed by atoms with Crippen molar-refractivity contribution < 1.29 is 23.0 Å². The summed E-state index contributed by atoms with van der Waals surface area (Å²) in [5, 5.41) is 0. The van der Waals surface area contributed by atoms with Crippen LogP contribution in [0.5, 0.6) is 5.75 Å². The van der Waals surface area contributed by atoms with E-state index in [9.17, 15) is 13.6 Å². The van der Waals surface area contributed by atoms with Crippen LogP contribution in [-0.4, -0.2) is 12.6 Å². The minimum absolute atomic E-state index is 0.0430. The zero-order valence-electron chi connectivity index (χ0n) is 12.4. The number of hydrogen-bond acceptors (Lipinski definition) is 3. The summed E-state index contributed by atoms with van der Waals surface area (Å²) in [4.78, 5) is 11.9. The SMILES string of the molecule is CCOC(=O)C=C1c2ccc(F)cc2OCc2c(F)cccc21. The second kappa shape index (κ2) is 6.20. The average molecular weight is 316 g/mol. The zero-order chi connectivity index (χ0) is 16.4. The summed E-state index contributed by atoms with van der Waals surface area (Å²) in [5.74, 6) is -1.19. The predicted octanol–water partition coefficient (Wildman–Crippen LogP) is 3.85. The predicted molar refractivity (Wildman–Crippen MR) is 80.8 cm³/mol. The van der Waals surface area contributed by atoms with Crippen LogP contribution in [0, 0.1) is 11.6 Å². The number of fused-ring (bicyclic) bond motifs is 2. The highest BCUT2D eigenvalue weighted by Crippen LogP contribution is 2.37. The summed E-state index contributed by atoms with van der Waals surface area (Å²) in [6.07, 6.45) is 1.28. The van der Waals surface area contributed by atoms with Gasteiger partial charge in [-0.3, -0.25) is 0 Å². The van der Waals surface area contributed by atoms with Gasteiger partial charge in [-0.15, -0.1) is 0 Å². The number of esters is 1. The lowest BCUT2D eigenvalue weighted by Crippen LogP contribution is -2.03. The highest BCUT2D eigenvalue weighted by Gasteiger charge is 2.23. The average Bonchev–Trinajstić information content (AvgIpc) is 2.66. The first-order valence-electron chi connectivity index (χ1n) is 7.19. The van der Waals surface area contributed by atoms with E-state index in [2.05, 4.69) is 0 Å². The maximum atomic E-state index is 14.1. The summed E-state index contributed by atoms with van der Waals surface area (Å²) in [6.45, 7) is 1.88. The van der Waals surface area contributed by atoms with Gasteiger partial charge in [-0.25, -0.2) is 13.6 Å². The molecule has 0 aromatic heterocycles. The Morgan fingerprint density at radius 3 is 2.87 bits per heavy atom. The molecule has 2 aromatic carbocycles. The van der Waals surface area contributed by atoms with E-state index in [0.717, 1.165) is 0 Å². The van der Waals surface area contributed by atoms with Crippen molar-refractivity contribution in [3.63, 3.8) is 0 Å². The number of ether oxygens (including phenoxy) is 2. The first-order valence-corrected chi connectivity index (χ1v) is 7.19. The quantitative estimate of drug-likeness (QED) is 0.623. The summed E-state index contributed by atoms with van der Waals surface area (Å²) in [5.41, 5.74) is 1.82. The van der Waals surface area contributed by atoms with Gasteiger partial charge in [-0.2, -0.15) is 0 Å². The third kappa shape index (κ3) is 2.95. The van der Waals surface area contributed by atoms with E-state index < -0.39 is 17.6 Å². The molecule has 0 fully saturated rings. The number of hydrogen-bond donors (Lipinski definition) is 0. The fraction of sp³-hybridized carbons (Fsp3) is 0.167. The van der Waals surface area contributed by atoms with E-state index in [4.69, 9.17) is 9.47 Å². The molecule has 0 saturated heterocycles. The third-order valence-corrected chi connectivity index (χ3v) is 3.56. The molecule has 0 atom stereocenters. The standard InChI is InChI=1S/C18H14F2O3/c1-2-22-18(21)9-14-12-4-3-5-16(20)15(12)10-23-17-8-11(19)6-7-13(14)17/h3-9H,2,10H2,1H3. The Morgan fingerprint density at radius 2 is 2.09 bits per heavy atom. The van der Waals surface area contributed by atoms with Gasteiger partial charge in [0.1, 0.15) is 24.0 Å². The maximum absolute atomic E-state index is 14.1. The van der Waals surface area contributed by atoms with Gasteiger partial charge < -0.3 is 9.47 Å². The topological polar surface area (TPSA) is 35.5 Å². The van der Waals surface area contributed by atoms with Crippen molar-refractivity contribution in [2.24, 2.45) is 0 Å². The van der Waals surface area contributed by atoms with Gasteiger partial charge in [0.05, 0.1) is 6.61 Å². The molecule has 118 valence electrons. The molecular weight excluding hydrogens is 302 g/mol. The van der Waals surface area contributed by atoms with Crippen LogP contribution in [-0.2, 0) is 16.1 Å². The third-order valence-electron chi connectivity index (χ3n) is 3.56. The van der Waals surface area contributed by atoms with E-state index in [1.165, 1.54) is 30.3 Å². The minimum Gasteiger partial charge on any atom is -0.488 e. The van der Waals surface area contributed by atoms with Crippen molar-refractivity contribution in [1.82, 2.24) is 0 Å². The number of carbonyl (C=O) groups is 1. The fourth-order valence-electron chi connectivity index (χ4n) is 2.55. The molecule has 1 aliphatic heterocycles. The molecule has 0 N–H and O–H groups in total. The lowest BCUT2D eigenvalue weighted by molar-refractivity contribution is -0.137. The number of benzene rings is 2. The molecule has 0 unspecified atom stereocenters. The van der Waals surface area contributed by atoms with Gasteiger partial charge in [0.15, 0.2) is 0 Å². The zero-order valence-corrected chi connectivity index (χ0v) is 12.4. The van der Waals surface area contributed by atoms with Gasteiger partial charge in [-0.05, 0) is 30.7 Å². The molecule has 0 bridgehead atoms. The van der Waals surface area contributed by atoms with Crippen molar-refractivity contribution >= 4 is 11.5 Å². The Bertz CT molecular complexity index is 797. The van der Waals surface area contributed by atoms with Crippen LogP contribution in [0.4, 0.5) is 8.78 Å². The second-order valence-corrected chi connectivity index (χ2v) is 5.01. The van der Waals surface area contributed by atoms with Crippen LogP contribution in [0.3, 0.4) is 0 Å². The number of halogens is 2. The van der Waals surface area contributed by atoms with Gasteiger partial charge in [-0.1, -0.05) is 12.1 Å². The van der Waals surface area contributed by atoms with Crippen molar-refractivity contribution in [3.8, 4) is 5.75 Å². The molecule has 2 aromatic rings. The van der Waals surface area contributed by atoms with Crippen LogP contribution in [0.2, 0.25) is 0 Å². The molecule has 3 nitrogen and oxygen atoms in total. The minimum atomic E-state index is -0.546. The van der Waals surface area contributed by atoms with E-state index in [1.807, 2.05) is 0 Å². The Kier molecular flexibility index (Phi) is 4.10. The van der Waals surface area contributed by atoms with E-state index >= 15 is 0 Å². The fourth-order valence-corrected chi connectivity index (χ4v) is 2.55. The first-order chi connectivity index (χ1) is 11.1. The largest absolute Gasteiger partial charge is 0.488 e. The van der Waals surface area contributed by atoms with Crippen LogP contribution in [0.25, 0.3) is 5.57 Å². The van der Waals surface area contributed by atoms with Crippen LogP contribution in [0.15, 0.2) is 42.5 Å². The highest BCUT2D eigenvalue weighted by molar-refractivity contribution is 5.98. The Balaban J connectivity index is 2.23. The first kappa shape index (κ1) is 15.2.